The highest BCUT2D eigenvalue weighted by atomic mass is 32.1. The Morgan fingerprint density at radius 3 is 2.83 bits per heavy atom. The number of anilines is 1. The van der Waals surface area contributed by atoms with Crippen molar-refractivity contribution in [3.05, 3.63) is 56.0 Å². The highest BCUT2D eigenvalue weighted by molar-refractivity contribution is 7.11. The first-order valence-corrected chi connectivity index (χ1v) is 10.6. The number of aromatic nitrogens is 4. The van der Waals surface area contributed by atoms with E-state index in [9.17, 15) is 4.79 Å². The van der Waals surface area contributed by atoms with E-state index >= 15 is 0 Å². The van der Waals surface area contributed by atoms with Crippen LogP contribution in [0.4, 0.5) is 5.69 Å². The Balaban J connectivity index is 1.37. The van der Waals surface area contributed by atoms with Gasteiger partial charge < -0.3 is 14.8 Å². The summed E-state index contributed by atoms with van der Waals surface area (Å²) in [5.41, 5.74) is 2.33. The molecule has 3 heterocycles. The molecule has 0 saturated heterocycles. The summed E-state index contributed by atoms with van der Waals surface area (Å²) >= 11 is 1.63. The molecule has 4 rings (SSSR count). The third kappa shape index (κ3) is 4.46. The fourth-order valence-electron chi connectivity index (χ4n) is 3.28. The second-order valence-electron chi connectivity index (χ2n) is 7.46. The van der Waals surface area contributed by atoms with E-state index in [2.05, 4.69) is 20.4 Å². The molecule has 3 aromatic heterocycles. The number of aryl methyl sites for hydroxylation is 3. The van der Waals surface area contributed by atoms with E-state index in [1.54, 1.807) is 37.8 Å². The number of hydrogen-bond donors (Lipinski definition) is 1. The monoisotopic (exact) mass is 427 g/mol. The lowest BCUT2D eigenvalue weighted by Crippen LogP contribution is -2.24. The van der Waals surface area contributed by atoms with Crippen molar-refractivity contribution in [3.63, 3.8) is 0 Å². The smallest absolute Gasteiger partial charge is 0.290 e. The van der Waals surface area contributed by atoms with Crippen molar-refractivity contribution in [2.75, 3.05) is 19.0 Å². The lowest BCUT2D eigenvalue weighted by Gasteiger charge is -2.10. The number of nitrogens with zero attached hydrogens (tertiary/aromatic N) is 4. The molecular weight excluding hydrogens is 402 g/mol. The molecule has 0 aliphatic heterocycles. The van der Waals surface area contributed by atoms with Crippen LogP contribution in [0.3, 0.4) is 0 Å². The van der Waals surface area contributed by atoms with Crippen molar-refractivity contribution in [2.24, 2.45) is 13.0 Å². The van der Waals surface area contributed by atoms with Crippen LogP contribution < -0.4 is 20.3 Å². The zero-order valence-corrected chi connectivity index (χ0v) is 18.3. The van der Waals surface area contributed by atoms with Gasteiger partial charge in [0.1, 0.15) is 16.4 Å². The Hall–Kier alpha value is -2.94. The van der Waals surface area contributed by atoms with Crippen LogP contribution in [0.5, 0.6) is 11.6 Å². The van der Waals surface area contributed by atoms with Crippen LogP contribution in [0.15, 0.2) is 29.2 Å². The van der Waals surface area contributed by atoms with Crippen LogP contribution in [0, 0.1) is 19.8 Å². The van der Waals surface area contributed by atoms with Gasteiger partial charge in [0.2, 0.25) is 5.88 Å². The summed E-state index contributed by atoms with van der Waals surface area (Å²) in [6.45, 7) is 5.06. The highest BCUT2D eigenvalue weighted by Crippen LogP contribution is 2.46. The summed E-state index contributed by atoms with van der Waals surface area (Å²) in [4.78, 5) is 22.5. The van der Waals surface area contributed by atoms with Crippen molar-refractivity contribution < 1.29 is 9.47 Å². The molecule has 30 heavy (non-hydrogen) atoms. The number of thiazole rings is 1. The molecule has 1 N–H and O–H groups in total. The lowest BCUT2D eigenvalue weighted by atomic mass is 10.2. The molecule has 1 saturated carbocycles. The van der Waals surface area contributed by atoms with Gasteiger partial charge in [-0.15, -0.1) is 16.4 Å². The van der Waals surface area contributed by atoms with Crippen LogP contribution in [0.25, 0.3) is 0 Å². The molecule has 8 nitrogen and oxygen atoms in total. The van der Waals surface area contributed by atoms with Gasteiger partial charge in [-0.05, 0) is 32.4 Å². The molecule has 1 aliphatic rings. The topological polar surface area (TPSA) is 91.2 Å². The molecule has 3 aromatic rings. The molecule has 0 amide bonds. The van der Waals surface area contributed by atoms with Crippen LogP contribution >= 0.6 is 11.3 Å². The second-order valence-corrected chi connectivity index (χ2v) is 8.75. The van der Waals surface area contributed by atoms with Crippen molar-refractivity contribution >= 4 is 17.0 Å². The fraction of sp³-hybridized carbons (Fsp3) is 0.429. The first-order valence-electron chi connectivity index (χ1n) is 9.82. The van der Waals surface area contributed by atoms with Crippen molar-refractivity contribution in [1.82, 2.24) is 19.7 Å². The maximum absolute atomic E-state index is 12.4. The quantitative estimate of drug-likeness (QED) is 0.591. The predicted molar refractivity (Wildman–Crippen MR) is 116 cm³/mol. The minimum atomic E-state index is -0.195. The maximum atomic E-state index is 12.4. The summed E-state index contributed by atoms with van der Waals surface area (Å²) in [5, 5.41) is 8.34. The highest BCUT2D eigenvalue weighted by Gasteiger charge is 2.40. The molecule has 9 heteroatoms. The van der Waals surface area contributed by atoms with Gasteiger partial charge in [0.15, 0.2) is 0 Å². The van der Waals surface area contributed by atoms with Gasteiger partial charge in [-0.1, -0.05) is 0 Å². The molecule has 1 unspecified atom stereocenters. The lowest BCUT2D eigenvalue weighted by molar-refractivity contribution is 0.278. The van der Waals surface area contributed by atoms with Gasteiger partial charge in [0, 0.05) is 35.5 Å². The molecule has 0 aromatic carbocycles. The zero-order chi connectivity index (χ0) is 21.3. The molecule has 158 valence electrons. The number of rotatable bonds is 8. The Labute approximate surface area is 178 Å². The summed E-state index contributed by atoms with van der Waals surface area (Å²) in [6, 6.07) is 5.59. The number of hydrogen-bond acceptors (Lipinski definition) is 8. The van der Waals surface area contributed by atoms with E-state index in [1.807, 2.05) is 26.0 Å². The van der Waals surface area contributed by atoms with Crippen LogP contribution in [0.2, 0.25) is 0 Å². The minimum absolute atomic E-state index is 0.195. The maximum Gasteiger partial charge on any atom is 0.290 e. The van der Waals surface area contributed by atoms with Gasteiger partial charge in [-0.3, -0.25) is 9.78 Å². The number of nitrogens with one attached hydrogen (secondary N) is 1. The first-order chi connectivity index (χ1) is 14.4. The fourth-order valence-corrected chi connectivity index (χ4v) is 4.16. The number of pyridine rings is 1. The van der Waals surface area contributed by atoms with Gasteiger partial charge in [0.05, 0.1) is 32.2 Å². The standard InChI is InChI=1S/C21H25N5O3S/c1-12-13(2)30-20(24-12)10-23-18-8-19(25-26(3)21(18)27)29-11-14-7-16(14)17-6-5-15(28-4)9-22-17/h5-6,8-9,14,16,23H,7,10-11H2,1-4H3/t14?,16-/m1/s1. The first kappa shape index (κ1) is 20.3. The van der Waals surface area contributed by atoms with Crippen LogP contribution in [-0.2, 0) is 13.6 Å². The molecule has 1 fully saturated rings. The summed E-state index contributed by atoms with van der Waals surface area (Å²) in [6.07, 6.45) is 2.77. The van der Waals surface area contributed by atoms with E-state index in [-0.39, 0.29) is 5.56 Å². The Kier molecular flexibility index (Phi) is 5.72. The number of methoxy groups -OCH3 is 1. The van der Waals surface area contributed by atoms with Gasteiger partial charge in [-0.2, -0.15) is 0 Å². The SMILES string of the molecule is COc1ccc([C@@H]2CC2COc2cc(NCc3nc(C)c(C)s3)c(=O)n(C)n2)nc1. The zero-order valence-electron chi connectivity index (χ0n) is 17.5. The molecule has 0 radical (unpaired) electrons. The molecule has 1 aliphatic carbocycles. The van der Waals surface area contributed by atoms with Crippen molar-refractivity contribution in [1.29, 1.82) is 0 Å². The Morgan fingerprint density at radius 1 is 1.33 bits per heavy atom. The van der Waals surface area contributed by atoms with Crippen LogP contribution in [-0.4, -0.2) is 33.5 Å². The minimum Gasteiger partial charge on any atom is -0.495 e. The van der Waals surface area contributed by atoms with E-state index in [0.29, 0.717) is 36.6 Å². The summed E-state index contributed by atoms with van der Waals surface area (Å²) < 4.78 is 12.4. The summed E-state index contributed by atoms with van der Waals surface area (Å²) in [7, 11) is 3.26. The van der Waals surface area contributed by atoms with Gasteiger partial charge >= 0.3 is 0 Å². The van der Waals surface area contributed by atoms with E-state index in [1.165, 1.54) is 9.56 Å². The molecular formula is C21H25N5O3S. The van der Waals surface area contributed by atoms with Gasteiger partial charge in [-0.25, -0.2) is 9.67 Å². The van der Waals surface area contributed by atoms with E-state index in [4.69, 9.17) is 9.47 Å². The predicted octanol–water partition coefficient (Wildman–Crippen LogP) is 3.05. The third-order valence-electron chi connectivity index (χ3n) is 5.29. The molecule has 2 atom stereocenters. The van der Waals surface area contributed by atoms with E-state index in [0.717, 1.165) is 28.6 Å². The van der Waals surface area contributed by atoms with Crippen LogP contribution in [0.1, 0.15) is 33.6 Å². The third-order valence-corrected chi connectivity index (χ3v) is 6.36. The summed E-state index contributed by atoms with van der Waals surface area (Å²) in [5.74, 6) is 1.96. The second kappa shape index (κ2) is 8.43. The number of ether oxygens (including phenoxy) is 2. The molecule has 0 bridgehead atoms. The van der Waals surface area contributed by atoms with E-state index < -0.39 is 0 Å². The average molecular weight is 428 g/mol. The Morgan fingerprint density at radius 2 is 2.17 bits per heavy atom. The normalized spacial score (nSPS) is 17.6. The largest absolute Gasteiger partial charge is 0.495 e. The van der Waals surface area contributed by atoms with Gasteiger partial charge in [0.25, 0.3) is 5.56 Å². The Bertz CT molecular complexity index is 1070. The molecule has 0 spiro atoms. The van der Waals surface area contributed by atoms with Crippen molar-refractivity contribution in [3.8, 4) is 11.6 Å². The van der Waals surface area contributed by atoms with Crippen molar-refractivity contribution in [2.45, 2.75) is 32.7 Å². The average Bonchev–Trinajstić information content (AvgIpc) is 3.45.